The van der Waals surface area contributed by atoms with Crippen molar-refractivity contribution in [2.45, 2.75) is 147 Å². The molecule has 1 aliphatic carbocycles. The molecule has 0 unspecified atom stereocenters. The average Bonchev–Trinajstić information content (AvgIpc) is 3.81. The first kappa shape index (κ1) is 48.7. The van der Waals surface area contributed by atoms with Crippen LogP contribution < -0.4 is 20.7 Å². The van der Waals surface area contributed by atoms with E-state index in [9.17, 15) is 4.79 Å². The van der Waals surface area contributed by atoms with E-state index in [-0.39, 0.29) is 59.0 Å². The van der Waals surface area contributed by atoms with Crippen LogP contribution in [-0.4, -0.2) is 67.1 Å². The number of unbranched alkanes of at least 4 members (excludes halogenated alkanes) is 2. The molecule has 63 heavy (non-hydrogen) atoms. The van der Waals surface area contributed by atoms with Crippen molar-refractivity contribution in [3.05, 3.63) is 133 Å². The van der Waals surface area contributed by atoms with E-state index in [0.717, 1.165) is 25.7 Å². The van der Waals surface area contributed by atoms with Gasteiger partial charge in [0.15, 0.2) is 12.0 Å². The Bertz CT molecular complexity index is 1960. The molecule has 0 amide bonds. The first-order valence-electron chi connectivity index (χ1n) is 23.4. The van der Waals surface area contributed by atoms with Crippen LogP contribution in [0.25, 0.3) is 0 Å². The fourth-order valence-electron chi connectivity index (χ4n) is 10.6. The molecule has 1 saturated carbocycles. The van der Waals surface area contributed by atoms with Crippen molar-refractivity contribution in [3.8, 4) is 0 Å². The number of carbonyl (C=O) groups excluding carboxylic acids is 1. The molecule has 0 spiro atoms. The van der Waals surface area contributed by atoms with Gasteiger partial charge in [-0.15, -0.1) is 0 Å². The minimum absolute atomic E-state index is 0.0765. The van der Waals surface area contributed by atoms with Crippen molar-refractivity contribution < 1.29 is 32.2 Å². The maximum Gasteiger partial charge on any atom is 0.305 e. The Morgan fingerprint density at radius 2 is 1.24 bits per heavy atom. The number of hydrogen-bond donors (Lipinski definition) is 0. The van der Waals surface area contributed by atoms with Gasteiger partial charge in [-0.1, -0.05) is 201 Å². The summed E-state index contributed by atoms with van der Waals surface area (Å²) in [5, 5.41) is 4.51. The number of halogens is 1. The fourth-order valence-corrected chi connectivity index (χ4v) is 20.0. The second-order valence-corrected chi connectivity index (χ2v) is 28.3. The highest BCUT2D eigenvalue weighted by molar-refractivity contribution is 7.00. The molecule has 4 aromatic carbocycles. The number of carbonyl (C=O) groups is 1. The van der Waals surface area contributed by atoms with E-state index in [1.54, 1.807) is 7.11 Å². The quantitative estimate of drug-likeness (QED) is 0.0381. The summed E-state index contributed by atoms with van der Waals surface area (Å²) in [5.74, 6) is -1.97. The summed E-state index contributed by atoms with van der Waals surface area (Å²) < 4.78 is 50.1. The van der Waals surface area contributed by atoms with Crippen LogP contribution >= 0.6 is 0 Å². The maximum atomic E-state index is 16.6. The summed E-state index contributed by atoms with van der Waals surface area (Å²) in [6.45, 7) is 16.2. The van der Waals surface area contributed by atoms with Crippen molar-refractivity contribution in [2.24, 2.45) is 11.8 Å². The molecule has 9 heteroatoms. The molecular weight excluding hydrogens is 820 g/mol. The Hall–Kier alpha value is -3.71. The summed E-state index contributed by atoms with van der Waals surface area (Å²) in [5.41, 5.74) is 0. The zero-order valence-corrected chi connectivity index (χ0v) is 41.4. The van der Waals surface area contributed by atoms with Gasteiger partial charge in [-0.25, -0.2) is 4.39 Å². The zero-order valence-electron chi connectivity index (χ0n) is 39.4. The van der Waals surface area contributed by atoms with Gasteiger partial charge in [0.2, 0.25) is 0 Å². The molecule has 7 atom stereocenters. The van der Waals surface area contributed by atoms with E-state index in [1.165, 1.54) is 27.9 Å². The summed E-state index contributed by atoms with van der Waals surface area (Å²) in [7, 11) is -3.00. The molecule has 2 aliphatic rings. The fraction of sp³-hybridized carbons (Fsp3) is 0.500. The highest BCUT2D eigenvalue weighted by Crippen LogP contribution is 2.53. The standard InChI is InChI=1S/C54H73FO6Si2/c1-10-11-16-26-41(60-62(52(2,3)4,42-27-17-12-18-28-42)43-29-19-13-20-30-43)37-38-46-47-40-54(58-9,50(55)35-25-36-51(56)57-8)59-48(47)39-49(46)61-63(53(5,6)7,44-31-21-14-22-32-44)45-33-23-15-24-34-45/h12-15,17-24,27-34,37-38,41,46-50H,10-11,16,25-26,35-36,39-40H2,1-9H3/t41-,46+,47+,48-,49+,50+,54+/m0/s1. The van der Waals surface area contributed by atoms with Crippen LogP contribution in [0.4, 0.5) is 4.39 Å². The number of fused-ring (bicyclic) bond motifs is 1. The lowest BCUT2D eigenvalue weighted by Crippen LogP contribution is -2.68. The predicted molar refractivity (Wildman–Crippen MR) is 260 cm³/mol. The normalized spacial score (nSPS) is 22.8. The molecule has 0 N–H and O–H groups in total. The van der Waals surface area contributed by atoms with Crippen LogP contribution in [0.15, 0.2) is 133 Å². The minimum Gasteiger partial charge on any atom is -0.469 e. The Morgan fingerprint density at radius 1 is 0.746 bits per heavy atom. The van der Waals surface area contributed by atoms with Gasteiger partial charge in [0, 0.05) is 25.9 Å². The van der Waals surface area contributed by atoms with E-state index < -0.39 is 28.6 Å². The molecule has 6 nitrogen and oxygen atoms in total. The lowest BCUT2D eigenvalue weighted by atomic mass is 9.87. The maximum absolute atomic E-state index is 16.6. The smallest absolute Gasteiger partial charge is 0.305 e. The van der Waals surface area contributed by atoms with Crippen molar-refractivity contribution in [3.63, 3.8) is 0 Å². The minimum atomic E-state index is -3.00. The molecule has 0 bridgehead atoms. The third-order valence-electron chi connectivity index (χ3n) is 13.8. The summed E-state index contributed by atoms with van der Waals surface area (Å²) in [4.78, 5) is 12.0. The molecule has 1 aliphatic heterocycles. The number of ether oxygens (including phenoxy) is 3. The lowest BCUT2D eigenvalue weighted by Gasteiger charge is -2.46. The van der Waals surface area contributed by atoms with Gasteiger partial charge >= 0.3 is 5.97 Å². The number of rotatable bonds is 20. The Morgan fingerprint density at radius 3 is 1.68 bits per heavy atom. The van der Waals surface area contributed by atoms with Crippen molar-refractivity contribution in [1.29, 1.82) is 0 Å². The monoisotopic (exact) mass is 892 g/mol. The van der Waals surface area contributed by atoms with Gasteiger partial charge in [0.05, 0.1) is 25.4 Å². The Balaban J connectivity index is 1.46. The van der Waals surface area contributed by atoms with E-state index in [1.807, 2.05) is 0 Å². The van der Waals surface area contributed by atoms with Crippen LogP contribution in [0.2, 0.25) is 10.1 Å². The Labute approximate surface area is 380 Å². The van der Waals surface area contributed by atoms with Crippen LogP contribution in [0.1, 0.15) is 106 Å². The SMILES string of the molecule is CCCCC[C@@H](C=C[C@@H]1[C@H]2C[C@](OC)([C@H](F)CCCC(=O)OC)O[C@H]2C[C@H]1O[Si](c1ccccc1)(c1ccccc1)C(C)(C)C)O[Si](c1ccccc1)(c1ccccc1)C(C)(C)C. The van der Waals surface area contributed by atoms with E-state index >= 15 is 4.39 Å². The first-order valence-corrected chi connectivity index (χ1v) is 27.2. The summed E-state index contributed by atoms with van der Waals surface area (Å²) >= 11 is 0. The molecule has 4 aromatic rings. The molecular formula is C54H73FO6Si2. The molecule has 340 valence electrons. The van der Waals surface area contributed by atoms with Gasteiger partial charge < -0.3 is 23.1 Å². The summed E-state index contributed by atoms with van der Waals surface area (Å²) in [6, 6.07) is 43.3. The summed E-state index contributed by atoms with van der Waals surface area (Å²) in [6.07, 6.45) is 8.31. The number of benzene rings is 4. The molecule has 2 fully saturated rings. The van der Waals surface area contributed by atoms with Crippen LogP contribution in [0.5, 0.6) is 0 Å². The lowest BCUT2D eigenvalue weighted by molar-refractivity contribution is -0.248. The highest BCUT2D eigenvalue weighted by atomic mass is 28.4. The largest absolute Gasteiger partial charge is 0.469 e. The van der Waals surface area contributed by atoms with Crippen molar-refractivity contribution in [1.82, 2.24) is 0 Å². The van der Waals surface area contributed by atoms with Gasteiger partial charge in [-0.05, 0) is 62.4 Å². The molecule has 6 rings (SSSR count). The van der Waals surface area contributed by atoms with E-state index in [4.69, 9.17) is 23.1 Å². The Kier molecular flexibility index (Phi) is 16.3. The first-order chi connectivity index (χ1) is 30.2. The van der Waals surface area contributed by atoms with Crippen LogP contribution in [0, 0.1) is 11.8 Å². The molecule has 0 aromatic heterocycles. The van der Waals surface area contributed by atoms with Gasteiger partial charge in [0.25, 0.3) is 16.6 Å². The van der Waals surface area contributed by atoms with Gasteiger partial charge in [0.1, 0.15) is 0 Å². The van der Waals surface area contributed by atoms with E-state index in [0.29, 0.717) is 19.3 Å². The van der Waals surface area contributed by atoms with Crippen LogP contribution in [0.3, 0.4) is 0 Å². The van der Waals surface area contributed by atoms with Crippen LogP contribution in [-0.2, 0) is 27.9 Å². The van der Waals surface area contributed by atoms with Gasteiger partial charge in [-0.2, -0.15) is 0 Å². The van der Waals surface area contributed by atoms with Gasteiger partial charge in [-0.3, -0.25) is 4.79 Å². The number of alkyl halides is 1. The van der Waals surface area contributed by atoms with Crippen molar-refractivity contribution in [2.75, 3.05) is 14.2 Å². The average molecular weight is 893 g/mol. The van der Waals surface area contributed by atoms with E-state index in [2.05, 4.69) is 182 Å². The third-order valence-corrected chi connectivity index (χ3v) is 23.9. The predicted octanol–water partition coefficient (Wildman–Crippen LogP) is 10.5. The number of esters is 1. The zero-order chi connectivity index (χ0) is 45.3. The second-order valence-electron chi connectivity index (χ2n) is 19.8. The molecule has 0 radical (unpaired) electrons. The molecule has 1 saturated heterocycles. The number of hydrogen-bond acceptors (Lipinski definition) is 6. The number of methoxy groups -OCH3 is 2. The van der Waals surface area contributed by atoms with Crippen molar-refractivity contribution >= 4 is 43.4 Å². The highest BCUT2D eigenvalue weighted by Gasteiger charge is 2.61. The third kappa shape index (κ3) is 10.4. The topological polar surface area (TPSA) is 63.2 Å². The molecule has 1 heterocycles. The second kappa shape index (κ2) is 21.1.